The smallest absolute Gasteiger partial charge is 0.394 e. The molecule has 1 aliphatic rings. The maximum absolute atomic E-state index is 12.8. The summed E-state index contributed by atoms with van der Waals surface area (Å²) in [6, 6.07) is 3.24. The summed E-state index contributed by atoms with van der Waals surface area (Å²) >= 11 is 1.18. The number of carboxylic acid groups (broad SMARTS) is 1. The predicted octanol–water partition coefficient (Wildman–Crippen LogP) is 2.39. The molecule has 2 heterocycles. The SMILES string of the molecule is Cc1ccc(C(=O)N2C[C@@H](C(F)(F)F)[C@H](C(=O)O)C2)s1. The standard InChI is InChI=1S/C12H12F3NO3S/c1-6-2-3-9(20-6)10(17)16-4-7(11(18)19)8(5-16)12(13,14)15/h2-3,7-8H,4-5H2,1H3,(H,18,19)/t7-,8-/m1/s1. The Kier molecular flexibility index (Phi) is 3.77. The highest BCUT2D eigenvalue weighted by Crippen LogP contribution is 2.38. The average Bonchev–Trinajstić information content (AvgIpc) is 2.93. The monoisotopic (exact) mass is 307 g/mol. The maximum atomic E-state index is 12.8. The van der Waals surface area contributed by atoms with Gasteiger partial charge < -0.3 is 10.0 Å². The van der Waals surface area contributed by atoms with E-state index in [0.29, 0.717) is 4.88 Å². The van der Waals surface area contributed by atoms with Crippen LogP contribution in [0.2, 0.25) is 0 Å². The van der Waals surface area contributed by atoms with Crippen molar-refractivity contribution >= 4 is 23.2 Å². The molecule has 110 valence electrons. The topological polar surface area (TPSA) is 57.6 Å². The molecule has 1 saturated heterocycles. The lowest BCUT2D eigenvalue weighted by molar-refractivity contribution is -0.187. The van der Waals surface area contributed by atoms with Gasteiger partial charge in [-0.1, -0.05) is 0 Å². The summed E-state index contributed by atoms with van der Waals surface area (Å²) in [5.41, 5.74) is 0. The zero-order valence-corrected chi connectivity index (χ0v) is 11.3. The van der Waals surface area contributed by atoms with Crippen molar-refractivity contribution in [3.63, 3.8) is 0 Å². The average molecular weight is 307 g/mol. The predicted molar refractivity (Wildman–Crippen MR) is 65.6 cm³/mol. The molecule has 1 aromatic rings. The van der Waals surface area contributed by atoms with E-state index in [-0.39, 0.29) is 0 Å². The first-order chi connectivity index (χ1) is 9.20. The number of carboxylic acids is 1. The minimum Gasteiger partial charge on any atom is -0.481 e. The number of carbonyl (C=O) groups is 2. The highest BCUT2D eigenvalue weighted by molar-refractivity contribution is 7.13. The van der Waals surface area contributed by atoms with Crippen LogP contribution < -0.4 is 0 Å². The van der Waals surface area contributed by atoms with Gasteiger partial charge in [-0.2, -0.15) is 13.2 Å². The Balaban J connectivity index is 2.20. The summed E-state index contributed by atoms with van der Waals surface area (Å²) in [5.74, 6) is -5.67. The van der Waals surface area contributed by atoms with Gasteiger partial charge in [-0.05, 0) is 19.1 Å². The van der Waals surface area contributed by atoms with Crippen molar-refractivity contribution in [1.29, 1.82) is 0 Å². The largest absolute Gasteiger partial charge is 0.481 e. The third kappa shape index (κ3) is 2.79. The van der Waals surface area contributed by atoms with Gasteiger partial charge in [0.2, 0.25) is 0 Å². The van der Waals surface area contributed by atoms with Crippen LogP contribution in [0.1, 0.15) is 14.5 Å². The molecule has 1 aromatic heterocycles. The molecule has 2 rings (SSSR count). The third-order valence-corrected chi connectivity index (χ3v) is 4.28. The quantitative estimate of drug-likeness (QED) is 0.912. The summed E-state index contributed by atoms with van der Waals surface area (Å²) in [4.78, 5) is 25.2. The number of aliphatic carboxylic acids is 1. The van der Waals surface area contributed by atoms with Crippen LogP contribution in [0.3, 0.4) is 0 Å². The molecule has 1 fully saturated rings. The lowest BCUT2D eigenvalue weighted by atomic mass is 9.96. The van der Waals surface area contributed by atoms with E-state index in [1.807, 2.05) is 0 Å². The number of hydrogen-bond donors (Lipinski definition) is 1. The Bertz CT molecular complexity index is 540. The van der Waals surface area contributed by atoms with Gasteiger partial charge in [-0.25, -0.2) is 0 Å². The number of halogens is 3. The van der Waals surface area contributed by atoms with Crippen molar-refractivity contribution in [2.24, 2.45) is 11.8 Å². The van der Waals surface area contributed by atoms with Gasteiger partial charge in [0.25, 0.3) is 5.91 Å². The Hall–Kier alpha value is -1.57. The number of alkyl halides is 3. The summed E-state index contributed by atoms with van der Waals surface area (Å²) in [7, 11) is 0. The van der Waals surface area contributed by atoms with Gasteiger partial charge in [-0.15, -0.1) is 11.3 Å². The van der Waals surface area contributed by atoms with Crippen LogP contribution in [0.25, 0.3) is 0 Å². The Morgan fingerprint density at radius 1 is 1.35 bits per heavy atom. The van der Waals surface area contributed by atoms with Crippen molar-refractivity contribution < 1.29 is 27.9 Å². The minimum atomic E-state index is -4.62. The lowest BCUT2D eigenvalue weighted by Gasteiger charge is -2.18. The van der Waals surface area contributed by atoms with Crippen molar-refractivity contribution in [2.75, 3.05) is 13.1 Å². The Morgan fingerprint density at radius 2 is 2.00 bits per heavy atom. The summed E-state index contributed by atoms with van der Waals surface area (Å²) < 4.78 is 38.4. The van der Waals surface area contributed by atoms with Crippen LogP contribution in [0.5, 0.6) is 0 Å². The molecule has 20 heavy (non-hydrogen) atoms. The van der Waals surface area contributed by atoms with Gasteiger partial charge in [-0.3, -0.25) is 9.59 Å². The third-order valence-electron chi connectivity index (χ3n) is 3.30. The minimum absolute atomic E-state index is 0.328. The number of hydrogen-bond acceptors (Lipinski definition) is 3. The molecule has 1 N–H and O–H groups in total. The summed E-state index contributed by atoms with van der Waals surface area (Å²) in [5, 5.41) is 8.89. The number of amides is 1. The first kappa shape index (κ1) is 14.8. The molecule has 1 aliphatic heterocycles. The molecule has 8 heteroatoms. The molecule has 0 radical (unpaired) electrons. The van der Waals surface area contributed by atoms with Crippen molar-refractivity contribution in [1.82, 2.24) is 4.90 Å². The molecular formula is C12H12F3NO3S. The fourth-order valence-electron chi connectivity index (χ4n) is 2.26. The van der Waals surface area contributed by atoms with Crippen LogP contribution in [-0.4, -0.2) is 41.1 Å². The second kappa shape index (κ2) is 5.08. The van der Waals surface area contributed by atoms with E-state index < -0.39 is 43.0 Å². The van der Waals surface area contributed by atoms with Crippen molar-refractivity contribution in [3.8, 4) is 0 Å². The summed E-state index contributed by atoms with van der Waals surface area (Å²) in [6.07, 6.45) is -4.62. The van der Waals surface area contributed by atoms with Crippen molar-refractivity contribution in [2.45, 2.75) is 13.1 Å². The molecule has 0 spiro atoms. The van der Waals surface area contributed by atoms with Crippen LogP contribution in [0.15, 0.2) is 12.1 Å². The lowest BCUT2D eigenvalue weighted by Crippen LogP contribution is -2.34. The molecule has 0 aromatic carbocycles. The molecular weight excluding hydrogens is 295 g/mol. The van der Waals surface area contributed by atoms with E-state index in [1.54, 1.807) is 19.1 Å². The number of carbonyl (C=O) groups excluding carboxylic acids is 1. The van der Waals surface area contributed by atoms with E-state index in [2.05, 4.69) is 0 Å². The second-order valence-corrected chi connectivity index (χ2v) is 6.00. The number of rotatable bonds is 2. The Labute approximate surface area is 116 Å². The fourth-order valence-corrected chi connectivity index (χ4v) is 3.09. The molecule has 2 atom stereocenters. The number of nitrogens with zero attached hydrogens (tertiary/aromatic N) is 1. The second-order valence-electron chi connectivity index (χ2n) is 4.71. The zero-order valence-electron chi connectivity index (χ0n) is 10.5. The van der Waals surface area contributed by atoms with Crippen molar-refractivity contribution in [3.05, 3.63) is 21.9 Å². The van der Waals surface area contributed by atoms with Gasteiger partial charge in [0, 0.05) is 18.0 Å². The van der Waals surface area contributed by atoms with E-state index in [1.165, 1.54) is 11.3 Å². The number of thiophene rings is 1. The molecule has 4 nitrogen and oxygen atoms in total. The van der Waals surface area contributed by atoms with Crippen LogP contribution >= 0.6 is 11.3 Å². The first-order valence-corrected chi connectivity index (χ1v) is 6.67. The number of likely N-dealkylation sites (tertiary alicyclic amines) is 1. The Morgan fingerprint density at radius 3 is 2.40 bits per heavy atom. The maximum Gasteiger partial charge on any atom is 0.394 e. The van der Waals surface area contributed by atoms with Crippen LogP contribution in [0.4, 0.5) is 13.2 Å². The van der Waals surface area contributed by atoms with E-state index >= 15 is 0 Å². The van der Waals surface area contributed by atoms with Gasteiger partial charge in [0.15, 0.2) is 0 Å². The zero-order chi connectivity index (χ0) is 15.1. The van der Waals surface area contributed by atoms with Gasteiger partial charge in [0.1, 0.15) is 0 Å². The molecule has 0 unspecified atom stereocenters. The molecule has 0 aliphatic carbocycles. The van der Waals surface area contributed by atoms with Crippen LogP contribution in [-0.2, 0) is 4.79 Å². The van der Waals surface area contributed by atoms with E-state index in [4.69, 9.17) is 5.11 Å². The summed E-state index contributed by atoms with van der Waals surface area (Å²) in [6.45, 7) is 0.773. The van der Waals surface area contributed by atoms with E-state index in [9.17, 15) is 22.8 Å². The first-order valence-electron chi connectivity index (χ1n) is 5.85. The molecule has 0 bridgehead atoms. The highest BCUT2D eigenvalue weighted by Gasteiger charge is 2.53. The van der Waals surface area contributed by atoms with Gasteiger partial charge >= 0.3 is 12.1 Å². The number of aryl methyl sites for hydroxylation is 1. The molecule has 1 amide bonds. The van der Waals surface area contributed by atoms with Gasteiger partial charge in [0.05, 0.1) is 16.7 Å². The van der Waals surface area contributed by atoms with Crippen LogP contribution in [0, 0.1) is 18.8 Å². The molecule has 0 saturated carbocycles. The highest BCUT2D eigenvalue weighted by atomic mass is 32.1. The van der Waals surface area contributed by atoms with E-state index in [0.717, 1.165) is 9.78 Å². The normalized spacial score (nSPS) is 23.1. The fraction of sp³-hybridized carbons (Fsp3) is 0.500.